The summed E-state index contributed by atoms with van der Waals surface area (Å²) in [4.78, 5) is 17.0. The number of benzene rings is 3. The first kappa shape index (κ1) is 27.8. The minimum absolute atomic E-state index is 0.0553. The summed E-state index contributed by atoms with van der Waals surface area (Å²) < 4.78 is 7.60. The monoisotopic (exact) mass is 561 g/mol. The first-order valence-electron chi connectivity index (χ1n) is 15.1. The summed E-state index contributed by atoms with van der Waals surface area (Å²) in [5.41, 5.74) is 4.64. The number of aromatic nitrogens is 4. The lowest BCUT2D eigenvalue weighted by atomic mass is 9.88. The largest absolute Gasteiger partial charge is 0.497 e. The van der Waals surface area contributed by atoms with Crippen molar-refractivity contribution in [1.29, 1.82) is 0 Å². The van der Waals surface area contributed by atoms with Gasteiger partial charge in [-0.05, 0) is 54.2 Å². The molecule has 0 aliphatic heterocycles. The maximum Gasteiger partial charge on any atom is 0.223 e. The summed E-state index contributed by atoms with van der Waals surface area (Å²) >= 11 is 0. The lowest BCUT2D eigenvalue weighted by Gasteiger charge is -2.25. The fourth-order valence-electron chi connectivity index (χ4n) is 6.16. The van der Waals surface area contributed by atoms with Crippen molar-refractivity contribution < 1.29 is 9.53 Å². The first-order chi connectivity index (χ1) is 20.7. The van der Waals surface area contributed by atoms with Crippen molar-refractivity contribution in [2.45, 2.75) is 64.0 Å². The minimum Gasteiger partial charge on any atom is -0.497 e. The number of rotatable bonds is 11. The van der Waals surface area contributed by atoms with Gasteiger partial charge in [0.15, 0.2) is 5.82 Å². The van der Waals surface area contributed by atoms with Gasteiger partial charge in [-0.15, -0.1) is 10.2 Å². The Morgan fingerprint density at radius 1 is 0.929 bits per heavy atom. The van der Waals surface area contributed by atoms with Crippen LogP contribution in [0.3, 0.4) is 0 Å². The lowest BCUT2D eigenvalue weighted by Crippen LogP contribution is -2.37. The van der Waals surface area contributed by atoms with Crippen molar-refractivity contribution in [3.8, 4) is 5.75 Å². The highest BCUT2D eigenvalue weighted by Gasteiger charge is 2.28. The number of H-pyrrole nitrogens is 1. The number of para-hydroxylation sites is 1. The van der Waals surface area contributed by atoms with E-state index in [1.807, 2.05) is 24.3 Å². The van der Waals surface area contributed by atoms with Crippen molar-refractivity contribution in [1.82, 2.24) is 25.1 Å². The Hall–Kier alpha value is -4.39. The standard InChI is InChI=1S/C35H39N5O2/c1-42-29-19-16-26(17-20-29)24-40-33(21-18-25-10-4-2-5-11-25)38-39-34(40)32(37-35(41)27-12-6-3-7-13-27)22-28-23-36-31-15-9-8-14-30(28)31/h2,4-5,8-11,14-17,19-20,23,27,32,36H,3,6-7,12-13,18,21-22,24H2,1H3,(H,37,41). The second-order valence-corrected chi connectivity index (χ2v) is 11.4. The highest BCUT2D eigenvalue weighted by atomic mass is 16.5. The number of amides is 1. The average Bonchev–Trinajstić information content (AvgIpc) is 3.64. The topological polar surface area (TPSA) is 84.8 Å². The Morgan fingerprint density at radius 3 is 2.48 bits per heavy atom. The van der Waals surface area contributed by atoms with E-state index >= 15 is 0 Å². The number of aromatic amines is 1. The summed E-state index contributed by atoms with van der Waals surface area (Å²) in [6.45, 7) is 0.611. The van der Waals surface area contributed by atoms with Crippen LogP contribution in [0.25, 0.3) is 10.9 Å². The number of carbonyl (C=O) groups excluding carboxylic acids is 1. The van der Waals surface area contributed by atoms with Gasteiger partial charge in [0.2, 0.25) is 5.91 Å². The normalized spacial score (nSPS) is 14.6. The molecule has 0 saturated heterocycles. The molecule has 0 spiro atoms. The third kappa shape index (κ3) is 6.40. The van der Waals surface area contributed by atoms with Gasteiger partial charge in [0.05, 0.1) is 19.7 Å². The zero-order valence-electron chi connectivity index (χ0n) is 24.3. The molecule has 7 nitrogen and oxygen atoms in total. The predicted octanol–water partition coefficient (Wildman–Crippen LogP) is 6.58. The lowest BCUT2D eigenvalue weighted by molar-refractivity contribution is -0.126. The molecule has 3 aromatic carbocycles. The molecule has 216 valence electrons. The number of methoxy groups -OCH3 is 1. The van der Waals surface area contributed by atoms with E-state index in [0.29, 0.717) is 13.0 Å². The quantitative estimate of drug-likeness (QED) is 0.191. The van der Waals surface area contributed by atoms with Crippen molar-refractivity contribution in [2.24, 2.45) is 5.92 Å². The first-order valence-corrected chi connectivity index (χ1v) is 15.1. The van der Waals surface area contributed by atoms with Gasteiger partial charge >= 0.3 is 0 Å². The number of ether oxygens (including phenoxy) is 1. The van der Waals surface area contributed by atoms with Crippen LogP contribution < -0.4 is 10.1 Å². The van der Waals surface area contributed by atoms with Crippen molar-refractivity contribution in [3.05, 3.63) is 113 Å². The number of aryl methyl sites for hydroxylation is 2. The Kier molecular flexibility index (Phi) is 8.64. The summed E-state index contributed by atoms with van der Waals surface area (Å²) in [5.74, 6) is 2.72. The van der Waals surface area contributed by atoms with Crippen LogP contribution >= 0.6 is 0 Å². The van der Waals surface area contributed by atoms with Gasteiger partial charge in [0.25, 0.3) is 0 Å². The molecule has 1 atom stereocenters. The smallest absolute Gasteiger partial charge is 0.223 e. The van der Waals surface area contributed by atoms with Gasteiger partial charge in [0, 0.05) is 35.9 Å². The third-order valence-corrected chi connectivity index (χ3v) is 8.54. The van der Waals surface area contributed by atoms with Gasteiger partial charge in [-0.2, -0.15) is 0 Å². The van der Waals surface area contributed by atoms with Gasteiger partial charge in [-0.3, -0.25) is 4.79 Å². The molecule has 0 bridgehead atoms. The molecule has 1 aliphatic carbocycles. The SMILES string of the molecule is COc1ccc(Cn2c(CCc3ccccc3)nnc2C(Cc2c[nH]c3ccccc23)NC(=O)C2CCCCC2)cc1. The highest BCUT2D eigenvalue weighted by molar-refractivity contribution is 5.83. The van der Waals surface area contributed by atoms with Crippen LogP contribution in [-0.2, 0) is 30.6 Å². The predicted molar refractivity (Wildman–Crippen MR) is 165 cm³/mol. The summed E-state index contributed by atoms with van der Waals surface area (Å²) in [5, 5.41) is 14.1. The van der Waals surface area contributed by atoms with Crippen LogP contribution in [0, 0.1) is 5.92 Å². The minimum atomic E-state index is -0.310. The zero-order valence-corrected chi connectivity index (χ0v) is 24.3. The van der Waals surface area contributed by atoms with Crippen LogP contribution in [0.15, 0.2) is 85.1 Å². The Balaban J connectivity index is 1.36. The van der Waals surface area contributed by atoms with Crippen LogP contribution in [-0.4, -0.2) is 32.8 Å². The summed E-state index contributed by atoms with van der Waals surface area (Å²) in [6, 6.07) is 26.6. The fourth-order valence-corrected chi connectivity index (χ4v) is 6.16. The van der Waals surface area contributed by atoms with E-state index in [4.69, 9.17) is 14.9 Å². The number of nitrogens with one attached hydrogen (secondary N) is 2. The second-order valence-electron chi connectivity index (χ2n) is 11.4. The number of hydrogen-bond donors (Lipinski definition) is 2. The maximum atomic E-state index is 13.6. The molecule has 0 radical (unpaired) electrons. The molecule has 1 fully saturated rings. The number of hydrogen-bond acceptors (Lipinski definition) is 4. The van der Waals surface area contributed by atoms with Gasteiger partial charge < -0.3 is 19.6 Å². The molecule has 1 aliphatic rings. The van der Waals surface area contributed by atoms with Gasteiger partial charge in [-0.25, -0.2) is 0 Å². The van der Waals surface area contributed by atoms with Crippen LogP contribution in [0.4, 0.5) is 0 Å². The molecule has 1 amide bonds. The van der Waals surface area contributed by atoms with E-state index in [9.17, 15) is 4.79 Å². The van der Waals surface area contributed by atoms with Gasteiger partial charge in [-0.1, -0.05) is 79.9 Å². The summed E-state index contributed by atoms with van der Waals surface area (Å²) in [7, 11) is 1.68. The van der Waals surface area contributed by atoms with Crippen molar-refractivity contribution >= 4 is 16.8 Å². The number of nitrogens with zero attached hydrogens (tertiary/aromatic N) is 3. The Labute approximate surface area is 247 Å². The van der Waals surface area contributed by atoms with E-state index in [-0.39, 0.29) is 17.9 Å². The summed E-state index contributed by atoms with van der Waals surface area (Å²) in [6.07, 6.45) is 9.65. The molecule has 2 aromatic heterocycles. The van der Waals surface area contributed by atoms with Crippen molar-refractivity contribution in [2.75, 3.05) is 7.11 Å². The number of fused-ring (bicyclic) bond motifs is 1. The maximum absolute atomic E-state index is 13.6. The molecule has 2 heterocycles. The fraction of sp³-hybridized carbons (Fsp3) is 0.343. The van der Waals surface area contributed by atoms with E-state index in [1.54, 1.807) is 7.11 Å². The van der Waals surface area contributed by atoms with E-state index in [0.717, 1.165) is 72.6 Å². The molecular weight excluding hydrogens is 522 g/mol. The molecule has 7 heteroatoms. The molecule has 1 saturated carbocycles. The molecule has 5 aromatic rings. The second kappa shape index (κ2) is 13.1. The molecule has 6 rings (SSSR count). The Bertz CT molecular complexity index is 1600. The van der Waals surface area contributed by atoms with Crippen molar-refractivity contribution in [3.63, 3.8) is 0 Å². The van der Waals surface area contributed by atoms with Crippen LogP contribution in [0.1, 0.15) is 66.5 Å². The van der Waals surface area contributed by atoms with Gasteiger partial charge in [0.1, 0.15) is 11.6 Å². The highest BCUT2D eigenvalue weighted by Crippen LogP contribution is 2.28. The van der Waals surface area contributed by atoms with E-state index < -0.39 is 0 Å². The third-order valence-electron chi connectivity index (χ3n) is 8.54. The Morgan fingerprint density at radius 2 is 1.69 bits per heavy atom. The zero-order chi connectivity index (χ0) is 28.7. The molecular formula is C35H39N5O2. The number of carbonyl (C=O) groups is 1. The van der Waals surface area contributed by atoms with Crippen LogP contribution in [0.5, 0.6) is 5.75 Å². The molecule has 42 heavy (non-hydrogen) atoms. The van der Waals surface area contributed by atoms with Crippen LogP contribution in [0.2, 0.25) is 0 Å². The van der Waals surface area contributed by atoms with E-state index in [2.05, 4.69) is 75.7 Å². The average molecular weight is 562 g/mol. The molecule has 1 unspecified atom stereocenters. The molecule has 2 N–H and O–H groups in total. The van der Waals surface area contributed by atoms with E-state index in [1.165, 1.54) is 17.4 Å².